The van der Waals surface area contributed by atoms with Gasteiger partial charge in [-0.05, 0) is 23.9 Å². The standard InChI is InChI=1S/C9H16NS.ClH/c1-8-5-6-11-9(8)7-10(2,3)4;/h5-6H,7H2,1-4H3;1H/q+1;/p-1. The highest BCUT2D eigenvalue weighted by molar-refractivity contribution is 7.10. The Morgan fingerprint density at radius 3 is 2.25 bits per heavy atom. The summed E-state index contributed by atoms with van der Waals surface area (Å²) in [7, 11) is 6.66. The maximum absolute atomic E-state index is 2.22. The summed E-state index contributed by atoms with van der Waals surface area (Å²) in [5.41, 5.74) is 1.43. The lowest BCUT2D eigenvalue weighted by Crippen LogP contribution is -3.00. The molecule has 0 amide bonds. The highest BCUT2D eigenvalue weighted by atomic mass is 35.5. The van der Waals surface area contributed by atoms with Crippen molar-refractivity contribution < 1.29 is 16.9 Å². The lowest BCUT2D eigenvalue weighted by atomic mass is 10.3. The van der Waals surface area contributed by atoms with Crippen molar-refractivity contribution in [2.75, 3.05) is 21.1 Å². The third-order valence-electron chi connectivity index (χ3n) is 1.59. The van der Waals surface area contributed by atoms with Crippen LogP contribution in [0.4, 0.5) is 0 Å². The van der Waals surface area contributed by atoms with Gasteiger partial charge in [-0.25, -0.2) is 0 Å². The van der Waals surface area contributed by atoms with Crippen LogP contribution in [-0.4, -0.2) is 25.6 Å². The van der Waals surface area contributed by atoms with Crippen molar-refractivity contribution in [3.8, 4) is 0 Å². The van der Waals surface area contributed by atoms with Crippen LogP contribution in [0.2, 0.25) is 0 Å². The quantitative estimate of drug-likeness (QED) is 0.559. The number of quaternary nitrogens is 1. The predicted molar refractivity (Wildman–Crippen MR) is 50.8 cm³/mol. The van der Waals surface area contributed by atoms with Gasteiger partial charge in [-0.15, -0.1) is 11.3 Å². The average Bonchev–Trinajstić information content (AvgIpc) is 2.12. The fraction of sp³-hybridized carbons (Fsp3) is 0.556. The molecule has 0 fully saturated rings. The van der Waals surface area contributed by atoms with Gasteiger partial charge < -0.3 is 16.9 Å². The van der Waals surface area contributed by atoms with E-state index in [0.29, 0.717) is 0 Å². The largest absolute Gasteiger partial charge is 1.00 e. The van der Waals surface area contributed by atoms with Gasteiger partial charge in [-0.3, -0.25) is 0 Å². The highest BCUT2D eigenvalue weighted by Gasteiger charge is 2.10. The summed E-state index contributed by atoms with van der Waals surface area (Å²) in [6.45, 7) is 3.32. The van der Waals surface area contributed by atoms with Crippen LogP contribution in [0.5, 0.6) is 0 Å². The molecule has 12 heavy (non-hydrogen) atoms. The molecule has 1 nitrogen and oxygen atoms in total. The van der Waals surface area contributed by atoms with Crippen molar-refractivity contribution in [1.29, 1.82) is 0 Å². The SMILES string of the molecule is Cc1ccsc1C[N+](C)(C)C.[Cl-]. The second-order valence-corrected chi connectivity index (χ2v) is 4.98. The minimum Gasteiger partial charge on any atom is -1.00 e. The summed E-state index contributed by atoms with van der Waals surface area (Å²) in [6, 6.07) is 2.19. The summed E-state index contributed by atoms with van der Waals surface area (Å²) in [6.07, 6.45) is 0. The first-order valence-corrected chi connectivity index (χ1v) is 4.70. The van der Waals surface area contributed by atoms with Crippen LogP contribution < -0.4 is 12.4 Å². The van der Waals surface area contributed by atoms with Gasteiger partial charge in [0, 0.05) is 0 Å². The Labute approximate surface area is 85.0 Å². The smallest absolute Gasteiger partial charge is 0.113 e. The Morgan fingerprint density at radius 2 is 1.92 bits per heavy atom. The van der Waals surface area contributed by atoms with Crippen molar-refractivity contribution in [2.24, 2.45) is 0 Å². The van der Waals surface area contributed by atoms with E-state index in [9.17, 15) is 0 Å². The Hall–Kier alpha value is -0.0500. The lowest BCUT2D eigenvalue weighted by molar-refractivity contribution is -0.883. The molecule has 0 aliphatic carbocycles. The third kappa shape index (κ3) is 3.57. The molecule has 70 valence electrons. The Bertz CT molecular complexity index is 237. The summed E-state index contributed by atoms with van der Waals surface area (Å²) in [5, 5.41) is 2.17. The van der Waals surface area contributed by atoms with Gasteiger partial charge >= 0.3 is 0 Å². The van der Waals surface area contributed by atoms with Gasteiger partial charge in [-0.1, -0.05) is 0 Å². The van der Waals surface area contributed by atoms with E-state index in [0.717, 1.165) is 11.0 Å². The number of rotatable bonds is 2. The van der Waals surface area contributed by atoms with Crippen LogP contribution in [0.25, 0.3) is 0 Å². The van der Waals surface area contributed by atoms with E-state index in [1.165, 1.54) is 10.4 Å². The molecule has 0 bridgehead atoms. The minimum atomic E-state index is 0. The van der Waals surface area contributed by atoms with Gasteiger partial charge in [-0.2, -0.15) is 0 Å². The number of hydrogen-bond donors (Lipinski definition) is 0. The molecule has 0 unspecified atom stereocenters. The molecule has 0 aliphatic rings. The topological polar surface area (TPSA) is 0 Å². The monoisotopic (exact) mass is 205 g/mol. The zero-order chi connectivity index (χ0) is 8.48. The van der Waals surface area contributed by atoms with E-state index in [1.54, 1.807) is 0 Å². The van der Waals surface area contributed by atoms with Crippen molar-refractivity contribution in [2.45, 2.75) is 13.5 Å². The Morgan fingerprint density at radius 1 is 1.33 bits per heavy atom. The van der Waals surface area contributed by atoms with Crippen LogP contribution in [0.1, 0.15) is 10.4 Å². The molecule has 0 aliphatic heterocycles. The molecule has 1 aromatic heterocycles. The molecule has 0 saturated heterocycles. The zero-order valence-corrected chi connectivity index (χ0v) is 9.67. The molecular weight excluding hydrogens is 190 g/mol. The highest BCUT2D eigenvalue weighted by Crippen LogP contribution is 2.18. The second kappa shape index (κ2) is 4.26. The first-order chi connectivity index (χ1) is 4.99. The molecule has 3 heteroatoms. The minimum absolute atomic E-state index is 0. The average molecular weight is 206 g/mol. The summed E-state index contributed by atoms with van der Waals surface area (Å²) < 4.78 is 1.02. The van der Waals surface area contributed by atoms with Gasteiger partial charge in [0.1, 0.15) is 6.54 Å². The maximum Gasteiger partial charge on any atom is 0.113 e. The third-order valence-corrected chi connectivity index (χ3v) is 2.59. The summed E-state index contributed by atoms with van der Waals surface area (Å²) >= 11 is 1.86. The van der Waals surface area contributed by atoms with Gasteiger partial charge in [0.05, 0.1) is 26.0 Å². The molecule has 1 heterocycles. The lowest BCUT2D eigenvalue weighted by Gasteiger charge is -2.23. The number of aryl methyl sites for hydroxylation is 1. The van der Waals surface area contributed by atoms with Gasteiger partial charge in [0.2, 0.25) is 0 Å². The van der Waals surface area contributed by atoms with E-state index >= 15 is 0 Å². The van der Waals surface area contributed by atoms with E-state index in [-0.39, 0.29) is 12.4 Å². The zero-order valence-electron chi connectivity index (χ0n) is 8.10. The van der Waals surface area contributed by atoms with Crippen molar-refractivity contribution in [3.05, 3.63) is 21.9 Å². The number of thiophene rings is 1. The molecule has 0 spiro atoms. The predicted octanol–water partition coefficient (Wildman–Crippen LogP) is -0.733. The molecule has 0 radical (unpaired) electrons. The maximum atomic E-state index is 2.22. The van der Waals surface area contributed by atoms with Crippen LogP contribution in [0.3, 0.4) is 0 Å². The molecule has 0 saturated carbocycles. The number of halogens is 1. The van der Waals surface area contributed by atoms with E-state index in [1.807, 2.05) is 11.3 Å². The molecular formula is C9H16ClNS. The first-order valence-electron chi connectivity index (χ1n) is 3.82. The molecule has 1 aromatic rings. The fourth-order valence-corrected chi connectivity index (χ4v) is 2.15. The van der Waals surface area contributed by atoms with Crippen molar-refractivity contribution in [3.63, 3.8) is 0 Å². The van der Waals surface area contributed by atoms with Crippen molar-refractivity contribution in [1.82, 2.24) is 0 Å². The van der Waals surface area contributed by atoms with Gasteiger partial charge in [0.15, 0.2) is 0 Å². The first kappa shape index (κ1) is 11.9. The van der Waals surface area contributed by atoms with E-state index in [4.69, 9.17) is 0 Å². The Balaban J connectivity index is 0.00000121. The van der Waals surface area contributed by atoms with E-state index in [2.05, 4.69) is 39.5 Å². The normalized spacial score (nSPS) is 11.0. The van der Waals surface area contributed by atoms with Gasteiger partial charge in [0.25, 0.3) is 0 Å². The fourth-order valence-electron chi connectivity index (χ4n) is 0.997. The number of nitrogens with zero attached hydrogens (tertiary/aromatic N) is 1. The van der Waals surface area contributed by atoms with Crippen LogP contribution in [0, 0.1) is 6.92 Å². The Kier molecular flexibility index (Phi) is 4.24. The summed E-state index contributed by atoms with van der Waals surface area (Å²) in [5.74, 6) is 0. The molecule has 0 N–H and O–H groups in total. The number of hydrogen-bond acceptors (Lipinski definition) is 1. The molecule has 0 aromatic carbocycles. The van der Waals surface area contributed by atoms with Crippen molar-refractivity contribution >= 4 is 11.3 Å². The van der Waals surface area contributed by atoms with E-state index < -0.39 is 0 Å². The van der Waals surface area contributed by atoms with Crippen LogP contribution in [0.15, 0.2) is 11.4 Å². The summed E-state index contributed by atoms with van der Waals surface area (Å²) in [4.78, 5) is 1.51. The van der Waals surface area contributed by atoms with Crippen LogP contribution in [-0.2, 0) is 6.54 Å². The molecule has 1 rings (SSSR count). The molecule has 0 atom stereocenters. The second-order valence-electron chi connectivity index (χ2n) is 3.98. The van der Waals surface area contributed by atoms with Crippen LogP contribution >= 0.6 is 11.3 Å².